The Morgan fingerprint density at radius 2 is 2.25 bits per heavy atom. The largest absolute Gasteiger partial charge is 0.496 e. The Hall–Kier alpha value is -0.360. The van der Waals surface area contributed by atoms with Crippen LogP contribution in [0, 0.1) is 9.39 Å². The molecular formula is C8H9FINO. The Morgan fingerprint density at radius 1 is 1.58 bits per heavy atom. The molecule has 12 heavy (non-hydrogen) atoms. The minimum absolute atomic E-state index is 0.298. The number of benzene rings is 1. The summed E-state index contributed by atoms with van der Waals surface area (Å²) in [4.78, 5) is 0. The highest BCUT2D eigenvalue weighted by atomic mass is 127. The van der Waals surface area contributed by atoms with Crippen LogP contribution in [-0.4, -0.2) is 7.11 Å². The molecule has 4 heteroatoms. The van der Waals surface area contributed by atoms with Gasteiger partial charge in [0.2, 0.25) is 0 Å². The summed E-state index contributed by atoms with van der Waals surface area (Å²) in [6.45, 7) is 0.363. The molecule has 0 aliphatic heterocycles. The Morgan fingerprint density at radius 3 is 2.75 bits per heavy atom. The number of halogens is 2. The van der Waals surface area contributed by atoms with Gasteiger partial charge in [0.05, 0.1) is 7.11 Å². The molecular weight excluding hydrogens is 272 g/mol. The molecule has 0 aliphatic carbocycles. The fourth-order valence-electron chi connectivity index (χ4n) is 0.960. The monoisotopic (exact) mass is 281 g/mol. The molecule has 1 aromatic carbocycles. The number of rotatable bonds is 2. The average Bonchev–Trinajstić information content (AvgIpc) is 2.03. The first-order valence-electron chi connectivity index (χ1n) is 3.41. The lowest BCUT2D eigenvalue weighted by Crippen LogP contribution is -2.03. The summed E-state index contributed by atoms with van der Waals surface area (Å²) in [6.07, 6.45) is 0. The zero-order chi connectivity index (χ0) is 9.14. The smallest absolute Gasteiger partial charge is 0.127 e. The van der Waals surface area contributed by atoms with Crippen LogP contribution < -0.4 is 10.5 Å². The second kappa shape index (κ2) is 4.04. The van der Waals surface area contributed by atoms with Crippen molar-refractivity contribution in [2.24, 2.45) is 5.73 Å². The lowest BCUT2D eigenvalue weighted by molar-refractivity contribution is 0.405. The highest BCUT2D eigenvalue weighted by Crippen LogP contribution is 2.24. The minimum Gasteiger partial charge on any atom is -0.496 e. The predicted octanol–water partition coefficient (Wildman–Crippen LogP) is 1.90. The molecule has 0 saturated carbocycles. The summed E-state index contributed by atoms with van der Waals surface area (Å²) in [7, 11) is 1.50. The van der Waals surface area contributed by atoms with Gasteiger partial charge in [-0.2, -0.15) is 0 Å². The first-order chi connectivity index (χ1) is 5.69. The summed E-state index contributed by atoms with van der Waals surface area (Å²) in [5.41, 5.74) is 6.32. The third-order valence-corrected chi connectivity index (χ3v) is 2.51. The SMILES string of the molecule is COc1cc(F)cc(I)c1CN. The lowest BCUT2D eigenvalue weighted by atomic mass is 10.2. The maximum absolute atomic E-state index is 12.8. The fraction of sp³-hybridized carbons (Fsp3) is 0.250. The second-order valence-corrected chi connectivity index (χ2v) is 3.43. The topological polar surface area (TPSA) is 35.2 Å². The van der Waals surface area contributed by atoms with E-state index in [0.29, 0.717) is 12.3 Å². The molecule has 0 saturated heterocycles. The van der Waals surface area contributed by atoms with E-state index in [1.54, 1.807) is 0 Å². The van der Waals surface area contributed by atoms with E-state index in [1.807, 2.05) is 22.6 Å². The van der Waals surface area contributed by atoms with E-state index < -0.39 is 0 Å². The van der Waals surface area contributed by atoms with Crippen molar-refractivity contribution in [3.8, 4) is 5.75 Å². The van der Waals surface area contributed by atoms with Gasteiger partial charge in [-0.1, -0.05) is 0 Å². The number of nitrogens with two attached hydrogens (primary N) is 1. The Bertz CT molecular complexity index is 291. The van der Waals surface area contributed by atoms with E-state index >= 15 is 0 Å². The molecule has 2 N–H and O–H groups in total. The van der Waals surface area contributed by atoms with E-state index in [4.69, 9.17) is 10.5 Å². The lowest BCUT2D eigenvalue weighted by Gasteiger charge is -2.08. The molecule has 0 aliphatic rings. The molecule has 2 nitrogen and oxygen atoms in total. The maximum Gasteiger partial charge on any atom is 0.127 e. The average molecular weight is 281 g/mol. The zero-order valence-electron chi connectivity index (χ0n) is 6.60. The number of ether oxygens (including phenoxy) is 1. The molecule has 0 aromatic heterocycles. The van der Waals surface area contributed by atoms with Crippen LogP contribution in [0.3, 0.4) is 0 Å². The molecule has 0 atom stereocenters. The Balaban J connectivity index is 3.24. The Kier molecular flexibility index (Phi) is 3.28. The quantitative estimate of drug-likeness (QED) is 0.840. The van der Waals surface area contributed by atoms with E-state index in [9.17, 15) is 4.39 Å². The van der Waals surface area contributed by atoms with Crippen LogP contribution in [0.1, 0.15) is 5.56 Å². The van der Waals surface area contributed by atoms with Crippen molar-refractivity contribution in [2.45, 2.75) is 6.54 Å². The number of hydrogen-bond donors (Lipinski definition) is 1. The van der Waals surface area contributed by atoms with Crippen molar-refractivity contribution in [3.05, 3.63) is 27.1 Å². The van der Waals surface area contributed by atoms with Crippen molar-refractivity contribution >= 4 is 22.6 Å². The number of hydrogen-bond acceptors (Lipinski definition) is 2. The van der Waals surface area contributed by atoms with Crippen LogP contribution in [0.4, 0.5) is 4.39 Å². The predicted molar refractivity (Wildman–Crippen MR) is 53.6 cm³/mol. The van der Waals surface area contributed by atoms with Crippen LogP contribution in [0.15, 0.2) is 12.1 Å². The van der Waals surface area contributed by atoms with Crippen molar-refractivity contribution in [2.75, 3.05) is 7.11 Å². The first-order valence-corrected chi connectivity index (χ1v) is 4.49. The van der Waals surface area contributed by atoms with E-state index in [-0.39, 0.29) is 5.82 Å². The van der Waals surface area contributed by atoms with E-state index in [0.717, 1.165) is 9.13 Å². The molecule has 0 radical (unpaired) electrons. The second-order valence-electron chi connectivity index (χ2n) is 2.27. The molecule has 0 heterocycles. The van der Waals surface area contributed by atoms with E-state index in [2.05, 4.69) is 0 Å². The van der Waals surface area contributed by atoms with Crippen LogP contribution in [-0.2, 0) is 6.54 Å². The van der Waals surface area contributed by atoms with Gasteiger partial charge in [0, 0.05) is 21.7 Å². The van der Waals surface area contributed by atoms with Crippen molar-refractivity contribution in [1.29, 1.82) is 0 Å². The molecule has 1 aromatic rings. The summed E-state index contributed by atoms with van der Waals surface area (Å²) in [5, 5.41) is 0. The van der Waals surface area contributed by atoms with Gasteiger partial charge in [-0.15, -0.1) is 0 Å². The Labute approximate surface area is 84.0 Å². The molecule has 1 rings (SSSR count). The van der Waals surface area contributed by atoms with Gasteiger partial charge in [0.25, 0.3) is 0 Å². The van der Waals surface area contributed by atoms with Gasteiger partial charge < -0.3 is 10.5 Å². The molecule has 66 valence electrons. The summed E-state index contributed by atoms with van der Waals surface area (Å²) in [5.74, 6) is 0.218. The van der Waals surface area contributed by atoms with Gasteiger partial charge in [-0.05, 0) is 28.7 Å². The van der Waals surface area contributed by atoms with Gasteiger partial charge in [0.15, 0.2) is 0 Å². The third-order valence-electron chi connectivity index (χ3n) is 1.54. The molecule has 0 fully saturated rings. The van der Waals surface area contributed by atoms with Crippen molar-refractivity contribution in [1.82, 2.24) is 0 Å². The van der Waals surface area contributed by atoms with Gasteiger partial charge in [0.1, 0.15) is 11.6 Å². The summed E-state index contributed by atoms with van der Waals surface area (Å²) < 4.78 is 18.6. The van der Waals surface area contributed by atoms with Gasteiger partial charge >= 0.3 is 0 Å². The highest BCUT2D eigenvalue weighted by molar-refractivity contribution is 14.1. The molecule has 0 spiro atoms. The first kappa shape index (κ1) is 9.73. The summed E-state index contributed by atoms with van der Waals surface area (Å²) in [6, 6.07) is 2.77. The summed E-state index contributed by atoms with van der Waals surface area (Å²) >= 11 is 2.03. The normalized spacial score (nSPS) is 10.0. The third kappa shape index (κ3) is 1.87. The van der Waals surface area contributed by atoms with Crippen LogP contribution in [0.5, 0.6) is 5.75 Å². The molecule has 0 bridgehead atoms. The molecule has 0 amide bonds. The fourth-order valence-corrected chi connectivity index (χ4v) is 1.74. The highest BCUT2D eigenvalue weighted by Gasteiger charge is 2.07. The van der Waals surface area contributed by atoms with Gasteiger partial charge in [-0.25, -0.2) is 4.39 Å². The van der Waals surface area contributed by atoms with Gasteiger partial charge in [-0.3, -0.25) is 0 Å². The molecule has 0 unspecified atom stereocenters. The number of methoxy groups -OCH3 is 1. The van der Waals surface area contributed by atoms with Crippen molar-refractivity contribution in [3.63, 3.8) is 0 Å². The van der Waals surface area contributed by atoms with Crippen LogP contribution in [0.25, 0.3) is 0 Å². The van der Waals surface area contributed by atoms with E-state index in [1.165, 1.54) is 19.2 Å². The minimum atomic E-state index is -0.298. The zero-order valence-corrected chi connectivity index (χ0v) is 8.76. The van der Waals surface area contributed by atoms with Crippen LogP contribution in [0.2, 0.25) is 0 Å². The van der Waals surface area contributed by atoms with Crippen molar-refractivity contribution < 1.29 is 9.13 Å². The maximum atomic E-state index is 12.8. The standard InChI is InChI=1S/C8H9FINO/c1-12-8-3-5(9)2-7(10)6(8)4-11/h2-3H,4,11H2,1H3. The van der Waals surface area contributed by atoms with Crippen LogP contribution >= 0.6 is 22.6 Å².